The van der Waals surface area contributed by atoms with Crippen molar-refractivity contribution in [2.45, 2.75) is 56.5 Å². The fraction of sp³-hybridized carbons (Fsp3) is 0.474. The molecule has 0 N–H and O–H groups in total. The summed E-state index contributed by atoms with van der Waals surface area (Å²) < 4.78 is 2.63. The van der Waals surface area contributed by atoms with Crippen LogP contribution in [0.1, 0.15) is 43.9 Å². The highest BCUT2D eigenvalue weighted by molar-refractivity contribution is 7.97. The zero-order valence-electron chi connectivity index (χ0n) is 13.1. The SMILES string of the molecule is CC(C1CCCCC1)N1Cc2sc(-c3ccccc3)cc2S1. The van der Waals surface area contributed by atoms with E-state index in [1.54, 1.807) is 4.88 Å². The molecule has 0 amide bonds. The fourth-order valence-electron chi connectivity index (χ4n) is 3.72. The van der Waals surface area contributed by atoms with Crippen LogP contribution in [0.4, 0.5) is 0 Å². The number of hydrogen-bond acceptors (Lipinski definition) is 3. The highest BCUT2D eigenvalue weighted by Gasteiger charge is 2.31. The monoisotopic (exact) mass is 329 g/mol. The molecule has 1 nitrogen and oxygen atoms in total. The lowest BCUT2D eigenvalue weighted by atomic mass is 9.84. The second-order valence-corrected chi connectivity index (χ2v) is 8.80. The van der Waals surface area contributed by atoms with E-state index in [1.165, 1.54) is 47.4 Å². The molecule has 0 bridgehead atoms. The van der Waals surface area contributed by atoms with Crippen molar-refractivity contribution in [1.82, 2.24) is 4.31 Å². The number of benzene rings is 1. The van der Waals surface area contributed by atoms with E-state index >= 15 is 0 Å². The summed E-state index contributed by atoms with van der Waals surface area (Å²) >= 11 is 3.98. The molecule has 1 fully saturated rings. The molecular weight excluding hydrogens is 306 g/mol. The van der Waals surface area contributed by atoms with Crippen molar-refractivity contribution in [2.75, 3.05) is 0 Å². The van der Waals surface area contributed by atoms with E-state index in [1.807, 2.05) is 23.3 Å². The lowest BCUT2D eigenvalue weighted by Crippen LogP contribution is -2.32. The molecule has 2 aromatic rings. The highest BCUT2D eigenvalue weighted by atomic mass is 32.2. The summed E-state index contributed by atoms with van der Waals surface area (Å²) in [5.74, 6) is 0.906. The molecule has 2 heterocycles. The minimum atomic E-state index is 0.713. The Morgan fingerprint density at radius 1 is 1.09 bits per heavy atom. The molecule has 0 saturated heterocycles. The molecule has 22 heavy (non-hydrogen) atoms. The molecular formula is C19H23NS2. The predicted molar refractivity (Wildman–Crippen MR) is 97.2 cm³/mol. The Kier molecular flexibility index (Phi) is 4.29. The van der Waals surface area contributed by atoms with Gasteiger partial charge in [0.1, 0.15) is 0 Å². The van der Waals surface area contributed by atoms with Crippen LogP contribution in [-0.4, -0.2) is 10.3 Å². The topological polar surface area (TPSA) is 3.24 Å². The van der Waals surface area contributed by atoms with Crippen molar-refractivity contribution in [3.8, 4) is 10.4 Å². The van der Waals surface area contributed by atoms with Crippen LogP contribution in [-0.2, 0) is 6.54 Å². The first-order chi connectivity index (χ1) is 10.8. The van der Waals surface area contributed by atoms with Gasteiger partial charge < -0.3 is 0 Å². The highest BCUT2D eigenvalue weighted by Crippen LogP contribution is 2.46. The van der Waals surface area contributed by atoms with E-state index in [0.717, 1.165) is 12.5 Å². The van der Waals surface area contributed by atoms with Gasteiger partial charge in [-0.1, -0.05) is 49.6 Å². The molecule has 1 saturated carbocycles. The van der Waals surface area contributed by atoms with Gasteiger partial charge in [-0.3, -0.25) is 0 Å². The van der Waals surface area contributed by atoms with Crippen LogP contribution in [0.3, 0.4) is 0 Å². The molecule has 116 valence electrons. The summed E-state index contributed by atoms with van der Waals surface area (Å²) in [7, 11) is 0. The third kappa shape index (κ3) is 2.86. The normalized spacial score (nSPS) is 21.0. The summed E-state index contributed by atoms with van der Waals surface area (Å²) in [4.78, 5) is 4.47. The standard InChI is InChI=1S/C19H23NS2/c1-14(15-8-4-2-5-9-15)20-13-19-18(22-20)12-17(21-19)16-10-6-3-7-11-16/h3,6-7,10-12,14-15H,2,4-5,8-9,13H2,1H3. The maximum absolute atomic E-state index is 2.63. The summed E-state index contributed by atoms with van der Waals surface area (Å²) in [5.41, 5.74) is 1.36. The first kappa shape index (κ1) is 14.8. The zero-order chi connectivity index (χ0) is 14.9. The predicted octanol–water partition coefficient (Wildman–Crippen LogP) is 6.21. The number of fused-ring (bicyclic) bond motifs is 1. The third-order valence-electron chi connectivity index (χ3n) is 5.13. The summed E-state index contributed by atoms with van der Waals surface area (Å²) in [5, 5.41) is 0. The minimum Gasteiger partial charge on any atom is -0.238 e. The van der Waals surface area contributed by atoms with Crippen LogP contribution in [0.2, 0.25) is 0 Å². The molecule has 1 aliphatic heterocycles. The fourth-order valence-corrected chi connectivity index (χ4v) is 6.30. The average molecular weight is 330 g/mol. The van der Waals surface area contributed by atoms with Gasteiger partial charge in [-0.25, -0.2) is 4.31 Å². The molecule has 1 atom stereocenters. The van der Waals surface area contributed by atoms with Gasteiger partial charge in [0, 0.05) is 27.2 Å². The zero-order valence-corrected chi connectivity index (χ0v) is 14.8. The smallest absolute Gasteiger partial charge is 0.0453 e. The first-order valence-corrected chi connectivity index (χ1v) is 10.0. The maximum atomic E-state index is 2.63. The molecule has 1 aliphatic carbocycles. The Bertz CT molecular complexity index is 605. The van der Waals surface area contributed by atoms with Crippen LogP contribution in [0, 0.1) is 5.92 Å². The number of hydrogen-bond donors (Lipinski definition) is 0. The van der Waals surface area contributed by atoms with Crippen LogP contribution < -0.4 is 0 Å². The van der Waals surface area contributed by atoms with E-state index in [4.69, 9.17) is 0 Å². The Morgan fingerprint density at radius 3 is 2.59 bits per heavy atom. The lowest BCUT2D eigenvalue weighted by Gasteiger charge is -2.33. The summed E-state index contributed by atoms with van der Waals surface area (Å²) in [6.07, 6.45) is 7.19. The van der Waals surface area contributed by atoms with E-state index in [9.17, 15) is 0 Å². The van der Waals surface area contributed by atoms with Gasteiger partial charge in [0.05, 0.1) is 0 Å². The Balaban J connectivity index is 1.46. The van der Waals surface area contributed by atoms with E-state index < -0.39 is 0 Å². The molecule has 1 aromatic heterocycles. The molecule has 3 heteroatoms. The largest absolute Gasteiger partial charge is 0.238 e. The molecule has 1 unspecified atom stereocenters. The lowest BCUT2D eigenvalue weighted by molar-refractivity contribution is 0.218. The van der Waals surface area contributed by atoms with Crippen LogP contribution in [0.5, 0.6) is 0 Å². The van der Waals surface area contributed by atoms with Gasteiger partial charge in [-0.15, -0.1) is 11.3 Å². The Morgan fingerprint density at radius 2 is 1.86 bits per heavy atom. The molecule has 2 aliphatic rings. The van der Waals surface area contributed by atoms with E-state index in [2.05, 4.69) is 47.6 Å². The van der Waals surface area contributed by atoms with Crippen molar-refractivity contribution in [2.24, 2.45) is 5.92 Å². The van der Waals surface area contributed by atoms with Gasteiger partial charge in [0.15, 0.2) is 0 Å². The van der Waals surface area contributed by atoms with Gasteiger partial charge in [0.2, 0.25) is 0 Å². The Hall–Kier alpha value is -0.770. The average Bonchev–Trinajstić information content (AvgIpc) is 3.15. The van der Waals surface area contributed by atoms with Gasteiger partial charge >= 0.3 is 0 Å². The number of rotatable bonds is 3. The van der Waals surface area contributed by atoms with E-state index in [-0.39, 0.29) is 0 Å². The van der Waals surface area contributed by atoms with E-state index in [0.29, 0.717) is 6.04 Å². The van der Waals surface area contributed by atoms with Crippen LogP contribution in [0.15, 0.2) is 41.3 Å². The molecule has 1 aromatic carbocycles. The van der Waals surface area contributed by atoms with Crippen molar-refractivity contribution in [3.63, 3.8) is 0 Å². The van der Waals surface area contributed by atoms with Crippen molar-refractivity contribution in [1.29, 1.82) is 0 Å². The van der Waals surface area contributed by atoms with Crippen molar-refractivity contribution < 1.29 is 0 Å². The number of thiophene rings is 1. The van der Waals surface area contributed by atoms with Crippen LogP contribution >= 0.6 is 23.3 Å². The van der Waals surface area contributed by atoms with Crippen LogP contribution in [0.25, 0.3) is 10.4 Å². The van der Waals surface area contributed by atoms with Gasteiger partial charge in [0.25, 0.3) is 0 Å². The summed E-state index contributed by atoms with van der Waals surface area (Å²) in [6.45, 7) is 3.58. The minimum absolute atomic E-state index is 0.713. The van der Waals surface area contributed by atoms with Crippen molar-refractivity contribution in [3.05, 3.63) is 41.3 Å². The molecule has 4 rings (SSSR count). The Labute approximate surface area is 141 Å². The number of nitrogens with zero attached hydrogens (tertiary/aromatic N) is 1. The van der Waals surface area contributed by atoms with Gasteiger partial charge in [-0.05, 0) is 49.3 Å². The second kappa shape index (κ2) is 6.38. The van der Waals surface area contributed by atoms with Crippen molar-refractivity contribution >= 4 is 23.3 Å². The quantitative estimate of drug-likeness (QED) is 0.616. The molecule has 0 radical (unpaired) electrons. The third-order valence-corrected chi connectivity index (χ3v) is 7.69. The summed E-state index contributed by atoms with van der Waals surface area (Å²) in [6, 6.07) is 13.9. The molecule has 0 spiro atoms. The van der Waals surface area contributed by atoms with Gasteiger partial charge in [-0.2, -0.15) is 0 Å². The first-order valence-electron chi connectivity index (χ1n) is 8.44. The second-order valence-electron chi connectivity index (χ2n) is 6.57. The maximum Gasteiger partial charge on any atom is 0.0453 e.